The highest BCUT2D eigenvalue weighted by Gasteiger charge is 2.30. The average Bonchev–Trinajstić information content (AvgIpc) is 2.94. The molecule has 0 spiro atoms. The van der Waals surface area contributed by atoms with Gasteiger partial charge in [0.05, 0.1) is 24.9 Å². The van der Waals surface area contributed by atoms with E-state index in [2.05, 4.69) is 15.5 Å². The molecule has 2 fully saturated rings. The molecule has 1 aromatic rings. The average molecular weight is 395 g/mol. The number of thiazole rings is 1. The van der Waals surface area contributed by atoms with Crippen molar-refractivity contribution in [1.29, 1.82) is 0 Å². The summed E-state index contributed by atoms with van der Waals surface area (Å²) in [5, 5.41) is 7.43. The Bertz CT molecular complexity index is 562. The molecule has 136 valence electrons. The minimum Gasteiger partial charge on any atom is -0.378 e. The van der Waals surface area contributed by atoms with Gasteiger partial charge in [0.1, 0.15) is 0 Å². The zero-order valence-electron chi connectivity index (χ0n) is 13.5. The van der Waals surface area contributed by atoms with Gasteiger partial charge in [0.25, 0.3) is 0 Å². The van der Waals surface area contributed by atoms with Gasteiger partial charge in [-0.3, -0.25) is 4.79 Å². The summed E-state index contributed by atoms with van der Waals surface area (Å²) in [4.78, 5) is 20.8. The second kappa shape index (κ2) is 8.67. The highest BCUT2D eigenvalue weighted by Crippen LogP contribution is 2.34. The Morgan fingerprint density at radius 2 is 2.04 bits per heavy atom. The molecular formula is C15H24Cl2N4O2S. The molecule has 0 bridgehead atoms. The molecule has 2 N–H and O–H groups in total. The number of nitrogens with zero attached hydrogens (tertiary/aromatic N) is 2. The van der Waals surface area contributed by atoms with Crippen molar-refractivity contribution < 1.29 is 9.53 Å². The minimum absolute atomic E-state index is 0. The molecule has 1 unspecified atom stereocenters. The predicted octanol–water partition coefficient (Wildman–Crippen LogP) is 1.02. The number of hydrogen-bond donors (Lipinski definition) is 2. The number of carbonyl (C=O) groups excluding carboxylic acids is 1. The Labute approximate surface area is 158 Å². The maximum atomic E-state index is 12.3. The third-order valence-corrected chi connectivity index (χ3v) is 5.93. The summed E-state index contributed by atoms with van der Waals surface area (Å²) in [7, 11) is 0. The number of anilines is 1. The number of nitrogens with one attached hydrogen (secondary N) is 2. The lowest BCUT2D eigenvalue weighted by atomic mass is 9.90. The molecule has 6 nitrogen and oxygen atoms in total. The van der Waals surface area contributed by atoms with Crippen LogP contribution < -0.4 is 15.5 Å². The van der Waals surface area contributed by atoms with Crippen molar-refractivity contribution in [2.24, 2.45) is 5.92 Å². The maximum absolute atomic E-state index is 12.3. The Hall–Kier alpha value is -0.600. The van der Waals surface area contributed by atoms with E-state index in [9.17, 15) is 4.79 Å². The van der Waals surface area contributed by atoms with Crippen LogP contribution in [0.25, 0.3) is 0 Å². The van der Waals surface area contributed by atoms with E-state index in [4.69, 9.17) is 9.72 Å². The Morgan fingerprint density at radius 3 is 2.71 bits per heavy atom. The monoisotopic (exact) mass is 394 g/mol. The van der Waals surface area contributed by atoms with Crippen molar-refractivity contribution in [1.82, 2.24) is 15.6 Å². The minimum atomic E-state index is 0. The number of carbonyl (C=O) groups is 1. The van der Waals surface area contributed by atoms with Gasteiger partial charge in [0.2, 0.25) is 5.91 Å². The maximum Gasteiger partial charge on any atom is 0.223 e. The molecule has 0 radical (unpaired) electrons. The van der Waals surface area contributed by atoms with Crippen LogP contribution in [0.4, 0.5) is 5.13 Å². The largest absolute Gasteiger partial charge is 0.378 e. The summed E-state index contributed by atoms with van der Waals surface area (Å²) in [5.74, 6) is 0.297. The number of fused-ring (bicyclic) bond motifs is 1. The van der Waals surface area contributed by atoms with Crippen LogP contribution in [0.2, 0.25) is 0 Å². The van der Waals surface area contributed by atoms with E-state index in [1.807, 2.05) is 0 Å². The van der Waals surface area contributed by atoms with Crippen LogP contribution in [0.1, 0.15) is 17.0 Å². The van der Waals surface area contributed by atoms with E-state index in [0.717, 1.165) is 69.5 Å². The molecule has 24 heavy (non-hydrogen) atoms. The summed E-state index contributed by atoms with van der Waals surface area (Å²) in [6, 6.07) is 0.327. The fraction of sp³-hybridized carbons (Fsp3) is 0.733. The Balaban J connectivity index is 0.00000104. The first kappa shape index (κ1) is 19.7. The second-order valence-electron chi connectivity index (χ2n) is 6.27. The van der Waals surface area contributed by atoms with E-state index < -0.39 is 0 Å². The van der Waals surface area contributed by atoms with Crippen LogP contribution in [-0.4, -0.2) is 56.3 Å². The van der Waals surface area contributed by atoms with Gasteiger partial charge in [-0.15, -0.1) is 36.2 Å². The quantitative estimate of drug-likeness (QED) is 0.800. The first-order valence-corrected chi connectivity index (χ1v) is 8.93. The van der Waals surface area contributed by atoms with E-state index in [0.29, 0.717) is 6.04 Å². The number of morpholine rings is 1. The molecule has 3 aliphatic rings. The van der Waals surface area contributed by atoms with Crippen molar-refractivity contribution in [2.75, 3.05) is 44.3 Å². The van der Waals surface area contributed by atoms with Crippen LogP contribution in [-0.2, 0) is 22.4 Å². The zero-order valence-corrected chi connectivity index (χ0v) is 15.9. The molecule has 2 saturated heterocycles. The number of ether oxygens (including phenoxy) is 1. The van der Waals surface area contributed by atoms with Gasteiger partial charge < -0.3 is 20.3 Å². The molecule has 1 aliphatic carbocycles. The number of amides is 1. The molecule has 3 heterocycles. The van der Waals surface area contributed by atoms with E-state index >= 15 is 0 Å². The molecule has 4 rings (SSSR count). The van der Waals surface area contributed by atoms with Gasteiger partial charge in [-0.1, -0.05) is 0 Å². The highest BCUT2D eigenvalue weighted by atomic mass is 35.5. The van der Waals surface area contributed by atoms with Gasteiger partial charge in [0, 0.05) is 43.4 Å². The smallest absolute Gasteiger partial charge is 0.223 e. The predicted molar refractivity (Wildman–Crippen MR) is 100.0 cm³/mol. The number of halogens is 2. The third kappa shape index (κ3) is 4.14. The van der Waals surface area contributed by atoms with Gasteiger partial charge >= 0.3 is 0 Å². The van der Waals surface area contributed by atoms with Gasteiger partial charge in [-0.2, -0.15) is 0 Å². The lowest BCUT2D eigenvalue weighted by Gasteiger charge is -2.30. The number of rotatable bonds is 3. The lowest BCUT2D eigenvalue weighted by Crippen LogP contribution is -2.58. The standard InChI is InChI=1S/C15H22N4O2S.2ClH/c20-14(17-11-8-16-9-11)10-1-2-13-12(7-10)18-15(22-13)19-3-5-21-6-4-19;;/h10-11,16H,1-9H2,(H,17,20);2*1H. The van der Waals surface area contributed by atoms with Gasteiger partial charge in [-0.25, -0.2) is 4.98 Å². The molecule has 0 aromatic carbocycles. The van der Waals surface area contributed by atoms with Crippen LogP contribution in [0.3, 0.4) is 0 Å². The van der Waals surface area contributed by atoms with Crippen molar-refractivity contribution in [2.45, 2.75) is 25.3 Å². The van der Waals surface area contributed by atoms with Crippen LogP contribution in [0.5, 0.6) is 0 Å². The number of aromatic nitrogens is 1. The molecule has 2 aliphatic heterocycles. The highest BCUT2D eigenvalue weighted by molar-refractivity contribution is 7.15. The lowest BCUT2D eigenvalue weighted by molar-refractivity contribution is -0.126. The van der Waals surface area contributed by atoms with Crippen LogP contribution in [0.15, 0.2) is 0 Å². The second-order valence-corrected chi connectivity index (χ2v) is 7.33. The Kier molecular flexibility index (Phi) is 7.12. The van der Waals surface area contributed by atoms with E-state index in [1.165, 1.54) is 4.88 Å². The summed E-state index contributed by atoms with van der Waals surface area (Å²) in [5.41, 5.74) is 1.14. The number of aryl methyl sites for hydroxylation is 1. The molecule has 1 atom stereocenters. The van der Waals surface area contributed by atoms with Gasteiger partial charge in [-0.05, 0) is 12.8 Å². The van der Waals surface area contributed by atoms with Crippen LogP contribution >= 0.6 is 36.2 Å². The summed E-state index contributed by atoms with van der Waals surface area (Å²) in [6.07, 6.45) is 2.73. The summed E-state index contributed by atoms with van der Waals surface area (Å²) < 4.78 is 5.40. The third-order valence-electron chi connectivity index (χ3n) is 4.71. The Morgan fingerprint density at radius 1 is 1.29 bits per heavy atom. The number of hydrogen-bond acceptors (Lipinski definition) is 6. The van der Waals surface area contributed by atoms with Gasteiger partial charge in [0.15, 0.2) is 5.13 Å². The molecule has 9 heteroatoms. The first-order chi connectivity index (χ1) is 10.8. The van der Waals surface area contributed by atoms with E-state index in [-0.39, 0.29) is 36.6 Å². The van der Waals surface area contributed by atoms with Crippen molar-refractivity contribution in [3.05, 3.63) is 10.6 Å². The summed E-state index contributed by atoms with van der Waals surface area (Å²) in [6.45, 7) is 5.22. The normalized spacial score (nSPS) is 23.3. The fourth-order valence-electron chi connectivity index (χ4n) is 3.19. The zero-order chi connectivity index (χ0) is 14.9. The fourth-order valence-corrected chi connectivity index (χ4v) is 4.34. The SMILES string of the molecule is Cl.Cl.O=C(NC1CNC1)C1CCc2sc(N3CCOCC3)nc2C1. The summed E-state index contributed by atoms with van der Waals surface area (Å²) >= 11 is 1.80. The van der Waals surface area contributed by atoms with Crippen molar-refractivity contribution >= 4 is 47.2 Å². The van der Waals surface area contributed by atoms with Crippen LogP contribution in [0, 0.1) is 5.92 Å². The molecule has 0 saturated carbocycles. The molecule has 1 amide bonds. The molecular weight excluding hydrogens is 371 g/mol. The van der Waals surface area contributed by atoms with Crippen molar-refractivity contribution in [3.8, 4) is 0 Å². The van der Waals surface area contributed by atoms with Crippen molar-refractivity contribution in [3.63, 3.8) is 0 Å². The first-order valence-electron chi connectivity index (χ1n) is 8.12. The van der Waals surface area contributed by atoms with E-state index in [1.54, 1.807) is 11.3 Å². The topological polar surface area (TPSA) is 66.5 Å². The molecule has 1 aromatic heterocycles.